The standard InChI is InChI=1S/C20H25N/c1-17(2)13-15-20(21-19-11-7-4-8-12-19)16-14-18-9-5-3-6-10-18/h3-13,20-21H,14-16H2,1-2H3. The summed E-state index contributed by atoms with van der Waals surface area (Å²) in [6, 6.07) is 21.7. The van der Waals surface area contributed by atoms with Gasteiger partial charge >= 0.3 is 0 Å². The molecule has 0 aliphatic carbocycles. The van der Waals surface area contributed by atoms with Gasteiger partial charge in [-0.2, -0.15) is 0 Å². The fourth-order valence-corrected chi connectivity index (χ4v) is 2.38. The molecule has 0 bridgehead atoms. The SMILES string of the molecule is CC(C)=CCC(CCc1ccccc1)Nc1ccccc1. The van der Waals surface area contributed by atoms with E-state index in [2.05, 4.69) is 85.9 Å². The van der Waals surface area contributed by atoms with Crippen molar-refractivity contribution in [3.05, 3.63) is 77.9 Å². The van der Waals surface area contributed by atoms with Gasteiger partial charge in [-0.3, -0.25) is 0 Å². The van der Waals surface area contributed by atoms with Crippen molar-refractivity contribution < 1.29 is 0 Å². The monoisotopic (exact) mass is 279 g/mol. The molecule has 2 aromatic carbocycles. The molecule has 1 unspecified atom stereocenters. The molecule has 0 saturated carbocycles. The average molecular weight is 279 g/mol. The molecule has 2 aromatic rings. The van der Waals surface area contributed by atoms with Crippen molar-refractivity contribution in [2.24, 2.45) is 0 Å². The number of aryl methyl sites for hydroxylation is 1. The minimum absolute atomic E-state index is 0.475. The lowest BCUT2D eigenvalue weighted by Crippen LogP contribution is -2.19. The van der Waals surface area contributed by atoms with E-state index in [9.17, 15) is 0 Å². The van der Waals surface area contributed by atoms with E-state index in [0.29, 0.717) is 6.04 Å². The van der Waals surface area contributed by atoms with Crippen LogP contribution in [0.2, 0.25) is 0 Å². The van der Waals surface area contributed by atoms with E-state index in [0.717, 1.165) is 19.3 Å². The molecule has 1 heteroatoms. The predicted molar refractivity (Wildman–Crippen MR) is 92.7 cm³/mol. The molecule has 0 fully saturated rings. The number of allylic oxidation sites excluding steroid dienone is 1. The summed E-state index contributed by atoms with van der Waals surface area (Å²) in [6.07, 6.45) is 5.65. The second-order valence-corrected chi connectivity index (χ2v) is 5.75. The largest absolute Gasteiger partial charge is 0.382 e. The van der Waals surface area contributed by atoms with E-state index in [4.69, 9.17) is 0 Å². The number of hydrogen-bond donors (Lipinski definition) is 1. The van der Waals surface area contributed by atoms with Crippen LogP contribution in [0.1, 0.15) is 32.3 Å². The lowest BCUT2D eigenvalue weighted by molar-refractivity contribution is 0.658. The minimum Gasteiger partial charge on any atom is -0.382 e. The third-order valence-electron chi connectivity index (χ3n) is 3.58. The highest BCUT2D eigenvalue weighted by molar-refractivity contribution is 5.43. The summed E-state index contributed by atoms with van der Waals surface area (Å²) >= 11 is 0. The second kappa shape index (κ2) is 8.31. The molecule has 0 amide bonds. The fourth-order valence-electron chi connectivity index (χ4n) is 2.38. The van der Waals surface area contributed by atoms with Gasteiger partial charge in [0.25, 0.3) is 0 Å². The number of hydrogen-bond acceptors (Lipinski definition) is 1. The summed E-state index contributed by atoms with van der Waals surface area (Å²) in [5.41, 5.74) is 4.00. The van der Waals surface area contributed by atoms with Crippen LogP contribution in [0.5, 0.6) is 0 Å². The van der Waals surface area contributed by atoms with Crippen molar-refractivity contribution in [1.29, 1.82) is 0 Å². The van der Waals surface area contributed by atoms with Crippen LogP contribution in [-0.2, 0) is 6.42 Å². The molecule has 0 spiro atoms. The first-order valence-electron chi connectivity index (χ1n) is 7.73. The normalized spacial score (nSPS) is 11.7. The quantitative estimate of drug-likeness (QED) is 0.664. The molecule has 0 aromatic heterocycles. The van der Waals surface area contributed by atoms with Crippen LogP contribution in [0.4, 0.5) is 5.69 Å². The van der Waals surface area contributed by atoms with Crippen molar-refractivity contribution in [2.45, 2.75) is 39.2 Å². The van der Waals surface area contributed by atoms with E-state index in [1.54, 1.807) is 0 Å². The highest BCUT2D eigenvalue weighted by atomic mass is 14.9. The van der Waals surface area contributed by atoms with Gasteiger partial charge in [0.05, 0.1) is 0 Å². The molecule has 0 saturated heterocycles. The average Bonchev–Trinajstić information content (AvgIpc) is 2.52. The Morgan fingerprint density at radius 2 is 1.57 bits per heavy atom. The molecule has 1 N–H and O–H groups in total. The van der Waals surface area contributed by atoms with Crippen molar-refractivity contribution in [3.8, 4) is 0 Å². The van der Waals surface area contributed by atoms with E-state index in [1.165, 1.54) is 16.8 Å². The van der Waals surface area contributed by atoms with Crippen molar-refractivity contribution >= 4 is 5.69 Å². The Hall–Kier alpha value is -2.02. The Kier molecular flexibility index (Phi) is 6.08. The van der Waals surface area contributed by atoms with E-state index in [-0.39, 0.29) is 0 Å². The molecule has 0 heterocycles. The Bertz CT molecular complexity index is 539. The zero-order valence-electron chi connectivity index (χ0n) is 13.0. The first-order valence-corrected chi connectivity index (χ1v) is 7.73. The van der Waals surface area contributed by atoms with Crippen LogP contribution >= 0.6 is 0 Å². The highest BCUT2D eigenvalue weighted by Crippen LogP contribution is 2.15. The molecule has 0 aliphatic rings. The molecule has 0 aliphatic heterocycles. The van der Waals surface area contributed by atoms with Gasteiger partial charge < -0.3 is 5.32 Å². The molecular formula is C20H25N. The maximum Gasteiger partial charge on any atom is 0.0342 e. The van der Waals surface area contributed by atoms with Crippen LogP contribution in [0.3, 0.4) is 0 Å². The van der Waals surface area contributed by atoms with E-state index >= 15 is 0 Å². The summed E-state index contributed by atoms with van der Waals surface area (Å²) in [5, 5.41) is 3.66. The Labute approximate surface area is 128 Å². The topological polar surface area (TPSA) is 12.0 Å². The summed E-state index contributed by atoms with van der Waals surface area (Å²) in [7, 11) is 0. The first-order chi connectivity index (χ1) is 10.2. The van der Waals surface area contributed by atoms with Crippen LogP contribution in [0.15, 0.2) is 72.3 Å². The number of para-hydroxylation sites is 1. The Morgan fingerprint density at radius 3 is 2.19 bits per heavy atom. The Morgan fingerprint density at radius 1 is 0.952 bits per heavy atom. The fraction of sp³-hybridized carbons (Fsp3) is 0.300. The van der Waals surface area contributed by atoms with Gasteiger partial charge in [-0.1, -0.05) is 60.2 Å². The van der Waals surface area contributed by atoms with E-state index in [1.807, 2.05) is 0 Å². The smallest absolute Gasteiger partial charge is 0.0342 e. The molecule has 1 atom stereocenters. The van der Waals surface area contributed by atoms with Crippen molar-refractivity contribution in [1.82, 2.24) is 0 Å². The summed E-state index contributed by atoms with van der Waals surface area (Å²) < 4.78 is 0. The van der Waals surface area contributed by atoms with E-state index < -0.39 is 0 Å². The summed E-state index contributed by atoms with van der Waals surface area (Å²) in [6.45, 7) is 4.33. The first kappa shape index (κ1) is 15.4. The van der Waals surface area contributed by atoms with Gasteiger partial charge in [0.2, 0.25) is 0 Å². The number of rotatable bonds is 7. The maximum absolute atomic E-state index is 3.66. The molecular weight excluding hydrogens is 254 g/mol. The minimum atomic E-state index is 0.475. The van der Waals surface area contributed by atoms with Gasteiger partial charge in [-0.05, 0) is 50.8 Å². The summed E-state index contributed by atoms with van der Waals surface area (Å²) in [4.78, 5) is 0. The molecule has 1 nitrogen and oxygen atoms in total. The maximum atomic E-state index is 3.66. The summed E-state index contributed by atoms with van der Waals surface area (Å²) in [5.74, 6) is 0. The van der Waals surface area contributed by atoms with Crippen LogP contribution in [0, 0.1) is 0 Å². The third-order valence-corrected chi connectivity index (χ3v) is 3.58. The lowest BCUT2D eigenvalue weighted by atomic mass is 10.0. The lowest BCUT2D eigenvalue weighted by Gasteiger charge is -2.19. The number of nitrogens with one attached hydrogen (secondary N) is 1. The van der Waals surface area contributed by atoms with Crippen LogP contribution in [-0.4, -0.2) is 6.04 Å². The molecule has 2 rings (SSSR count). The number of benzene rings is 2. The van der Waals surface area contributed by atoms with Gasteiger partial charge in [-0.15, -0.1) is 0 Å². The van der Waals surface area contributed by atoms with Gasteiger partial charge in [0.1, 0.15) is 0 Å². The van der Waals surface area contributed by atoms with Gasteiger partial charge in [-0.25, -0.2) is 0 Å². The molecule has 21 heavy (non-hydrogen) atoms. The zero-order valence-corrected chi connectivity index (χ0v) is 13.0. The Balaban J connectivity index is 1.96. The van der Waals surface area contributed by atoms with Crippen LogP contribution < -0.4 is 5.32 Å². The van der Waals surface area contributed by atoms with Gasteiger partial charge in [0, 0.05) is 11.7 Å². The van der Waals surface area contributed by atoms with Crippen molar-refractivity contribution in [2.75, 3.05) is 5.32 Å². The number of anilines is 1. The molecule has 110 valence electrons. The molecule has 0 radical (unpaired) electrons. The zero-order chi connectivity index (χ0) is 14.9. The van der Waals surface area contributed by atoms with Crippen molar-refractivity contribution in [3.63, 3.8) is 0 Å². The second-order valence-electron chi connectivity index (χ2n) is 5.75. The third kappa shape index (κ3) is 5.86. The predicted octanol–water partition coefficient (Wildman–Crippen LogP) is 5.46. The highest BCUT2D eigenvalue weighted by Gasteiger charge is 2.07. The van der Waals surface area contributed by atoms with Gasteiger partial charge in [0.15, 0.2) is 0 Å². The van der Waals surface area contributed by atoms with Crippen LogP contribution in [0.25, 0.3) is 0 Å².